The lowest BCUT2D eigenvalue weighted by Crippen LogP contribution is -2.49. The highest BCUT2D eigenvalue weighted by Crippen LogP contribution is 2.26. The number of hydrogen-bond donors (Lipinski definition) is 0. The maximum absolute atomic E-state index is 12.9. The number of nitrogens with zero attached hydrogens (tertiary/aromatic N) is 5. The number of hydrogen-bond acceptors (Lipinski definition) is 5. The Kier molecular flexibility index (Phi) is 5.34. The summed E-state index contributed by atoms with van der Waals surface area (Å²) in [5.41, 5.74) is -0.0423. The molecule has 0 saturated carbocycles. The molecule has 0 N–H and O–H groups in total. The van der Waals surface area contributed by atoms with Crippen molar-refractivity contribution in [3.63, 3.8) is 0 Å². The molecule has 1 aromatic rings. The predicted octanol–water partition coefficient (Wildman–Crippen LogP) is 1.38. The van der Waals surface area contributed by atoms with Gasteiger partial charge in [-0.15, -0.1) is 0 Å². The number of amides is 2. The first kappa shape index (κ1) is 18.1. The average molecular weight is 361 g/mol. The van der Waals surface area contributed by atoms with Crippen molar-refractivity contribution in [2.24, 2.45) is 5.92 Å². The summed E-state index contributed by atoms with van der Waals surface area (Å²) in [5, 5.41) is 14.9. The molecular weight excluding hydrogens is 338 g/mol. The Bertz CT molecular complexity index is 716. The van der Waals surface area contributed by atoms with E-state index in [1.807, 2.05) is 4.90 Å². The van der Waals surface area contributed by atoms with Gasteiger partial charge in [0, 0.05) is 26.2 Å². The van der Waals surface area contributed by atoms with Gasteiger partial charge < -0.3 is 9.80 Å². The van der Waals surface area contributed by atoms with E-state index in [9.17, 15) is 19.7 Å². The molecule has 2 unspecified atom stereocenters. The van der Waals surface area contributed by atoms with Gasteiger partial charge in [0.2, 0.25) is 11.8 Å². The molecule has 0 radical (unpaired) electrons. The fourth-order valence-electron chi connectivity index (χ4n) is 3.76. The van der Waals surface area contributed by atoms with Crippen LogP contribution in [0.4, 0.5) is 5.69 Å². The lowest BCUT2D eigenvalue weighted by Gasteiger charge is -2.38. The Labute approximate surface area is 151 Å². The summed E-state index contributed by atoms with van der Waals surface area (Å²) in [6.07, 6.45) is 7.17. The van der Waals surface area contributed by atoms with E-state index in [-0.39, 0.29) is 29.5 Å². The van der Waals surface area contributed by atoms with Crippen LogP contribution in [-0.2, 0) is 9.59 Å². The number of rotatable bonds is 4. The third-order valence-corrected chi connectivity index (χ3v) is 5.14. The number of nitro groups is 1. The zero-order valence-corrected chi connectivity index (χ0v) is 14.6. The fraction of sp³-hybridized carbons (Fsp3) is 0.588. The first-order valence-electron chi connectivity index (χ1n) is 8.88. The summed E-state index contributed by atoms with van der Waals surface area (Å²) in [6.45, 7) is 5.76. The van der Waals surface area contributed by atoms with E-state index in [1.54, 1.807) is 9.58 Å². The van der Waals surface area contributed by atoms with Crippen LogP contribution >= 0.6 is 0 Å². The molecule has 26 heavy (non-hydrogen) atoms. The van der Waals surface area contributed by atoms with Gasteiger partial charge in [-0.2, -0.15) is 5.10 Å². The first-order chi connectivity index (χ1) is 12.5. The molecule has 2 amide bonds. The second-order valence-corrected chi connectivity index (χ2v) is 6.84. The number of piperidine rings is 2. The molecule has 2 aliphatic heterocycles. The highest BCUT2D eigenvalue weighted by atomic mass is 16.6. The molecule has 3 rings (SSSR count). The van der Waals surface area contributed by atoms with Crippen LogP contribution in [0.2, 0.25) is 0 Å². The highest BCUT2D eigenvalue weighted by molar-refractivity contribution is 5.88. The Morgan fingerprint density at radius 1 is 1.23 bits per heavy atom. The minimum absolute atomic E-state index is 0.0423. The second kappa shape index (κ2) is 7.67. The maximum Gasteiger partial charge on any atom is 0.307 e. The van der Waals surface area contributed by atoms with E-state index < -0.39 is 4.92 Å². The minimum atomic E-state index is -0.470. The van der Waals surface area contributed by atoms with Crippen molar-refractivity contribution in [3.05, 3.63) is 35.2 Å². The molecule has 2 saturated heterocycles. The minimum Gasteiger partial charge on any atom is -0.340 e. The zero-order chi connectivity index (χ0) is 18.7. The Balaban J connectivity index is 1.64. The smallest absolute Gasteiger partial charge is 0.307 e. The van der Waals surface area contributed by atoms with Crippen molar-refractivity contribution < 1.29 is 14.5 Å². The van der Waals surface area contributed by atoms with Crippen molar-refractivity contribution in [1.82, 2.24) is 19.6 Å². The second-order valence-electron chi connectivity index (χ2n) is 6.84. The highest BCUT2D eigenvalue weighted by Gasteiger charge is 2.33. The van der Waals surface area contributed by atoms with Crippen LogP contribution in [0.1, 0.15) is 31.7 Å². The molecule has 2 fully saturated rings. The Morgan fingerprint density at radius 3 is 2.65 bits per heavy atom. The van der Waals surface area contributed by atoms with Gasteiger partial charge in [-0.05, 0) is 31.8 Å². The molecule has 3 heterocycles. The van der Waals surface area contributed by atoms with E-state index in [1.165, 1.54) is 18.5 Å². The van der Waals surface area contributed by atoms with Crippen LogP contribution in [0, 0.1) is 16.0 Å². The molecule has 140 valence electrons. The van der Waals surface area contributed by atoms with Gasteiger partial charge in [0.05, 0.1) is 16.9 Å². The van der Waals surface area contributed by atoms with Crippen molar-refractivity contribution >= 4 is 17.5 Å². The third-order valence-electron chi connectivity index (χ3n) is 5.14. The molecule has 2 atom stereocenters. The van der Waals surface area contributed by atoms with Gasteiger partial charge in [-0.25, -0.2) is 0 Å². The molecule has 0 aliphatic carbocycles. The molecule has 9 heteroatoms. The fourth-order valence-corrected chi connectivity index (χ4v) is 3.76. The van der Waals surface area contributed by atoms with E-state index in [0.29, 0.717) is 26.2 Å². The van der Waals surface area contributed by atoms with E-state index in [0.717, 1.165) is 25.7 Å². The molecular formula is C17H23N5O4. The van der Waals surface area contributed by atoms with Crippen molar-refractivity contribution in [1.29, 1.82) is 0 Å². The third kappa shape index (κ3) is 3.76. The lowest BCUT2D eigenvalue weighted by molar-refractivity contribution is -0.385. The molecule has 2 aliphatic rings. The average Bonchev–Trinajstić information content (AvgIpc) is 3.17. The number of carbonyl (C=O) groups excluding carboxylic acids is 2. The molecule has 9 nitrogen and oxygen atoms in total. The summed E-state index contributed by atoms with van der Waals surface area (Å²) in [4.78, 5) is 38.6. The normalized spacial score (nSPS) is 23.5. The number of likely N-dealkylation sites (tertiary alicyclic amines) is 2. The summed E-state index contributed by atoms with van der Waals surface area (Å²) in [7, 11) is 0. The Hall–Kier alpha value is -2.71. The van der Waals surface area contributed by atoms with Crippen molar-refractivity contribution in [2.45, 2.75) is 31.7 Å². The largest absolute Gasteiger partial charge is 0.340 e. The molecule has 0 aromatic carbocycles. The maximum atomic E-state index is 12.9. The van der Waals surface area contributed by atoms with Gasteiger partial charge >= 0.3 is 5.69 Å². The SMILES string of the molecule is C=CC(=O)N1CCCC(C(=O)N2CCCC(n3cc([N+](=O)[O-])cn3)C2)C1. The number of carbonyl (C=O) groups is 2. The van der Waals surface area contributed by atoms with Gasteiger partial charge in [0.25, 0.3) is 0 Å². The van der Waals surface area contributed by atoms with E-state index in [2.05, 4.69) is 11.7 Å². The summed E-state index contributed by atoms with van der Waals surface area (Å²) >= 11 is 0. The summed E-state index contributed by atoms with van der Waals surface area (Å²) < 4.78 is 1.59. The topological polar surface area (TPSA) is 102 Å². The lowest BCUT2D eigenvalue weighted by atomic mass is 9.95. The van der Waals surface area contributed by atoms with Crippen LogP contribution < -0.4 is 0 Å². The van der Waals surface area contributed by atoms with Crippen molar-refractivity contribution in [2.75, 3.05) is 26.2 Å². The Morgan fingerprint density at radius 2 is 1.96 bits per heavy atom. The first-order valence-corrected chi connectivity index (χ1v) is 8.88. The monoisotopic (exact) mass is 361 g/mol. The summed E-state index contributed by atoms with van der Waals surface area (Å²) in [6, 6.07) is -0.0594. The quantitative estimate of drug-likeness (QED) is 0.458. The van der Waals surface area contributed by atoms with Crippen LogP contribution in [-0.4, -0.2) is 62.5 Å². The molecule has 0 bridgehead atoms. The van der Waals surface area contributed by atoms with Gasteiger partial charge in [0.15, 0.2) is 0 Å². The predicted molar refractivity (Wildman–Crippen MR) is 93.2 cm³/mol. The molecule has 1 aromatic heterocycles. The van der Waals surface area contributed by atoms with E-state index >= 15 is 0 Å². The van der Waals surface area contributed by atoms with Gasteiger partial charge in [-0.1, -0.05) is 6.58 Å². The standard InChI is InChI=1S/C17H23N5O4/c1-2-16(23)19-7-3-5-13(10-19)17(24)20-8-4-6-14(11-20)21-12-15(9-18-21)22(25)26/h2,9,12-14H,1,3-8,10-11H2. The summed E-state index contributed by atoms with van der Waals surface area (Å²) in [5.74, 6) is -0.279. The van der Waals surface area contributed by atoms with Crippen LogP contribution in [0.25, 0.3) is 0 Å². The van der Waals surface area contributed by atoms with E-state index in [4.69, 9.17) is 0 Å². The van der Waals surface area contributed by atoms with Crippen LogP contribution in [0.15, 0.2) is 25.0 Å². The van der Waals surface area contributed by atoms with Gasteiger partial charge in [0.1, 0.15) is 12.4 Å². The number of aromatic nitrogens is 2. The van der Waals surface area contributed by atoms with Crippen LogP contribution in [0.5, 0.6) is 0 Å². The van der Waals surface area contributed by atoms with Crippen molar-refractivity contribution in [3.8, 4) is 0 Å². The van der Waals surface area contributed by atoms with Crippen LogP contribution in [0.3, 0.4) is 0 Å². The zero-order valence-electron chi connectivity index (χ0n) is 14.6. The van der Waals surface area contributed by atoms with Gasteiger partial charge in [-0.3, -0.25) is 24.4 Å². The molecule has 0 spiro atoms.